The summed E-state index contributed by atoms with van der Waals surface area (Å²) in [6, 6.07) is 2.57. The van der Waals surface area contributed by atoms with Gasteiger partial charge in [-0.25, -0.2) is 0 Å². The summed E-state index contributed by atoms with van der Waals surface area (Å²) >= 11 is 0. The van der Waals surface area contributed by atoms with E-state index in [0.717, 1.165) is 48.3 Å². The van der Waals surface area contributed by atoms with Crippen molar-refractivity contribution in [3.63, 3.8) is 0 Å². The van der Waals surface area contributed by atoms with Gasteiger partial charge in [-0.15, -0.1) is 0 Å². The van der Waals surface area contributed by atoms with Crippen LogP contribution in [0, 0.1) is 63.6 Å². The minimum atomic E-state index is 0.280. The van der Waals surface area contributed by atoms with Crippen molar-refractivity contribution in [2.75, 3.05) is 0 Å². The fourth-order valence-electron chi connectivity index (χ4n) is 8.80. The molecular weight excluding hydrogens is 350 g/mol. The Morgan fingerprint density at radius 2 is 1.83 bits per heavy atom. The lowest BCUT2D eigenvalue weighted by Crippen LogP contribution is -2.50. The van der Waals surface area contributed by atoms with Crippen molar-refractivity contribution in [1.29, 1.82) is 5.26 Å². The standard InChI is InChI=1S/C28H45N/c1-19(2)7-6-8-20(3)24-11-12-25-23-10-9-22-17-21(18-29)13-15-27(22,4)26(23)14-16-28(24,25)5/h9,19-21,23-26H,6-8,10-17H2,1-5H3/t20-,21+,23-,24+,25-,26-,27+,28+/m1/s1. The van der Waals surface area contributed by atoms with Gasteiger partial charge in [-0.05, 0) is 97.7 Å². The molecule has 8 atom stereocenters. The fraction of sp³-hybridized carbons (Fsp3) is 0.893. The van der Waals surface area contributed by atoms with E-state index in [0.29, 0.717) is 10.8 Å². The van der Waals surface area contributed by atoms with Crippen LogP contribution < -0.4 is 0 Å². The SMILES string of the molecule is CC(C)CCC[C@@H](C)[C@@H]1CC[C@@H]2[C@H]3CC=C4C[C@@H](C#N)CC[C@]4(C)[C@@H]3CC[C@]21C. The highest BCUT2D eigenvalue weighted by Gasteiger charge is 2.59. The van der Waals surface area contributed by atoms with Crippen molar-refractivity contribution in [3.8, 4) is 6.07 Å². The van der Waals surface area contributed by atoms with Crippen LogP contribution in [0.1, 0.15) is 105 Å². The van der Waals surface area contributed by atoms with E-state index in [4.69, 9.17) is 0 Å². The second kappa shape index (κ2) is 8.05. The third-order valence-corrected chi connectivity index (χ3v) is 10.5. The first-order valence-corrected chi connectivity index (χ1v) is 12.9. The van der Waals surface area contributed by atoms with Crippen LogP contribution in [0.3, 0.4) is 0 Å². The Morgan fingerprint density at radius 3 is 2.55 bits per heavy atom. The lowest BCUT2D eigenvalue weighted by molar-refractivity contribution is -0.0515. The molecule has 0 spiro atoms. The van der Waals surface area contributed by atoms with Crippen molar-refractivity contribution < 1.29 is 0 Å². The molecule has 0 aromatic heterocycles. The Morgan fingerprint density at radius 1 is 1.03 bits per heavy atom. The topological polar surface area (TPSA) is 23.8 Å². The van der Waals surface area contributed by atoms with E-state index >= 15 is 0 Å². The van der Waals surface area contributed by atoms with Crippen LogP contribution in [0.4, 0.5) is 0 Å². The molecular formula is C28H45N. The van der Waals surface area contributed by atoms with Gasteiger partial charge in [-0.2, -0.15) is 5.26 Å². The number of nitriles is 1. The van der Waals surface area contributed by atoms with Crippen LogP contribution in [-0.4, -0.2) is 0 Å². The summed E-state index contributed by atoms with van der Waals surface area (Å²) in [7, 11) is 0. The molecule has 3 saturated carbocycles. The second-order valence-corrected chi connectivity index (χ2v) is 12.4. The quantitative estimate of drug-likeness (QED) is 0.431. The maximum Gasteiger partial charge on any atom is 0.0659 e. The molecule has 0 aliphatic heterocycles. The van der Waals surface area contributed by atoms with Crippen molar-refractivity contribution >= 4 is 0 Å². The van der Waals surface area contributed by atoms with Crippen LogP contribution >= 0.6 is 0 Å². The summed E-state index contributed by atoms with van der Waals surface area (Å²) < 4.78 is 0. The molecule has 0 amide bonds. The molecule has 3 fully saturated rings. The monoisotopic (exact) mass is 395 g/mol. The molecule has 0 saturated heterocycles. The van der Waals surface area contributed by atoms with E-state index in [9.17, 15) is 5.26 Å². The molecule has 0 aromatic rings. The normalized spacial score (nSPS) is 45.0. The van der Waals surface area contributed by atoms with Crippen LogP contribution in [0.25, 0.3) is 0 Å². The first kappa shape index (κ1) is 21.5. The van der Waals surface area contributed by atoms with Gasteiger partial charge in [0.1, 0.15) is 0 Å². The Kier molecular flexibility index (Phi) is 5.96. The van der Waals surface area contributed by atoms with E-state index in [2.05, 4.69) is 46.8 Å². The average Bonchev–Trinajstić information content (AvgIpc) is 3.04. The van der Waals surface area contributed by atoms with Crippen LogP contribution in [-0.2, 0) is 0 Å². The summed E-state index contributed by atoms with van der Waals surface area (Å²) in [5.74, 6) is 5.73. The van der Waals surface area contributed by atoms with Gasteiger partial charge >= 0.3 is 0 Å². The summed E-state index contributed by atoms with van der Waals surface area (Å²) in [6.07, 6.45) is 17.5. The van der Waals surface area contributed by atoms with Gasteiger partial charge in [0, 0.05) is 0 Å². The number of allylic oxidation sites excluding steroid dienone is 2. The molecule has 29 heavy (non-hydrogen) atoms. The zero-order valence-corrected chi connectivity index (χ0v) is 19.8. The number of hydrogen-bond acceptors (Lipinski definition) is 1. The van der Waals surface area contributed by atoms with E-state index in [1.165, 1.54) is 57.8 Å². The molecule has 162 valence electrons. The van der Waals surface area contributed by atoms with Gasteiger partial charge in [0.25, 0.3) is 0 Å². The molecule has 0 N–H and O–H groups in total. The predicted molar refractivity (Wildman–Crippen MR) is 122 cm³/mol. The van der Waals surface area contributed by atoms with Gasteiger partial charge in [-0.3, -0.25) is 0 Å². The molecule has 4 aliphatic rings. The lowest BCUT2D eigenvalue weighted by atomic mass is 9.46. The maximum absolute atomic E-state index is 9.45. The highest BCUT2D eigenvalue weighted by Crippen LogP contribution is 2.67. The Balaban J connectivity index is 1.49. The Hall–Kier alpha value is -0.770. The van der Waals surface area contributed by atoms with Crippen LogP contribution in [0.5, 0.6) is 0 Å². The number of fused-ring (bicyclic) bond motifs is 5. The Bertz CT molecular complexity index is 668. The van der Waals surface area contributed by atoms with Gasteiger partial charge in [0.15, 0.2) is 0 Å². The number of hydrogen-bond donors (Lipinski definition) is 0. The number of nitrogens with zero attached hydrogens (tertiary/aromatic N) is 1. The molecule has 0 heterocycles. The fourth-order valence-corrected chi connectivity index (χ4v) is 8.80. The molecule has 4 aliphatic carbocycles. The average molecular weight is 396 g/mol. The lowest BCUT2D eigenvalue weighted by Gasteiger charge is -2.58. The third-order valence-electron chi connectivity index (χ3n) is 10.5. The van der Waals surface area contributed by atoms with E-state index < -0.39 is 0 Å². The molecule has 4 rings (SSSR count). The highest BCUT2D eigenvalue weighted by molar-refractivity contribution is 5.26. The summed E-state index contributed by atoms with van der Waals surface area (Å²) in [4.78, 5) is 0. The minimum Gasteiger partial charge on any atom is -0.198 e. The van der Waals surface area contributed by atoms with Gasteiger partial charge in [-0.1, -0.05) is 65.5 Å². The van der Waals surface area contributed by atoms with E-state index in [1.54, 1.807) is 5.57 Å². The zero-order valence-electron chi connectivity index (χ0n) is 19.8. The largest absolute Gasteiger partial charge is 0.198 e. The first-order chi connectivity index (χ1) is 13.8. The molecule has 1 heteroatoms. The van der Waals surface area contributed by atoms with Gasteiger partial charge in [0.05, 0.1) is 12.0 Å². The summed E-state index contributed by atoms with van der Waals surface area (Å²) in [5.41, 5.74) is 2.65. The number of rotatable bonds is 5. The zero-order chi connectivity index (χ0) is 20.8. The van der Waals surface area contributed by atoms with Crippen LogP contribution in [0.15, 0.2) is 11.6 Å². The molecule has 0 bridgehead atoms. The predicted octanol–water partition coefficient (Wildman–Crippen LogP) is 8.17. The molecule has 0 aromatic carbocycles. The van der Waals surface area contributed by atoms with Crippen molar-refractivity contribution in [2.45, 2.75) is 105 Å². The summed E-state index contributed by atoms with van der Waals surface area (Å²) in [6.45, 7) is 12.6. The second-order valence-electron chi connectivity index (χ2n) is 12.4. The molecule has 0 unspecified atom stereocenters. The Labute approximate surface area is 180 Å². The van der Waals surface area contributed by atoms with Crippen LogP contribution in [0.2, 0.25) is 0 Å². The van der Waals surface area contributed by atoms with E-state index in [1.807, 2.05) is 0 Å². The smallest absolute Gasteiger partial charge is 0.0659 e. The first-order valence-electron chi connectivity index (χ1n) is 12.9. The highest BCUT2D eigenvalue weighted by atomic mass is 14.6. The third kappa shape index (κ3) is 3.62. The van der Waals surface area contributed by atoms with Gasteiger partial charge < -0.3 is 0 Å². The van der Waals surface area contributed by atoms with E-state index in [-0.39, 0.29) is 5.92 Å². The maximum atomic E-state index is 9.45. The van der Waals surface area contributed by atoms with Crippen molar-refractivity contribution in [1.82, 2.24) is 0 Å². The molecule has 0 radical (unpaired) electrons. The summed E-state index contributed by atoms with van der Waals surface area (Å²) in [5, 5.41) is 9.45. The minimum absolute atomic E-state index is 0.280. The van der Waals surface area contributed by atoms with Crippen molar-refractivity contribution in [2.24, 2.45) is 52.3 Å². The molecule has 1 nitrogen and oxygen atoms in total. The van der Waals surface area contributed by atoms with Gasteiger partial charge in [0.2, 0.25) is 0 Å². The van der Waals surface area contributed by atoms with Crippen molar-refractivity contribution in [3.05, 3.63) is 11.6 Å².